The van der Waals surface area contributed by atoms with E-state index < -0.39 is 9.84 Å². The molecular weight excluding hydrogens is 402 g/mol. The number of rotatable bonds is 7. The zero-order valence-corrected chi connectivity index (χ0v) is 17.6. The normalized spacial score (nSPS) is 11.0. The van der Waals surface area contributed by atoms with Crippen LogP contribution >= 0.6 is 0 Å². The van der Waals surface area contributed by atoms with E-state index in [9.17, 15) is 13.2 Å². The van der Waals surface area contributed by atoms with Gasteiger partial charge in [-0.15, -0.1) is 0 Å². The number of anilines is 1. The minimum absolute atomic E-state index is 0.110. The fourth-order valence-corrected chi connectivity index (χ4v) is 4.30. The Morgan fingerprint density at radius 2 is 1.87 bits per heavy atom. The van der Waals surface area contributed by atoms with E-state index in [0.29, 0.717) is 23.5 Å². The summed E-state index contributed by atoms with van der Waals surface area (Å²) in [6.45, 7) is 2.19. The molecular formula is C22H23N3O4S. The van der Waals surface area contributed by atoms with Gasteiger partial charge in [0, 0.05) is 24.6 Å². The summed E-state index contributed by atoms with van der Waals surface area (Å²) < 4.78 is 30.7. The van der Waals surface area contributed by atoms with Gasteiger partial charge in [-0.3, -0.25) is 4.98 Å². The van der Waals surface area contributed by atoms with Crippen LogP contribution < -0.4 is 15.4 Å². The second-order valence-electron chi connectivity index (χ2n) is 6.74. The molecule has 0 aliphatic rings. The van der Waals surface area contributed by atoms with E-state index in [2.05, 4.69) is 15.6 Å². The van der Waals surface area contributed by atoms with E-state index in [1.165, 1.54) is 12.1 Å². The quantitative estimate of drug-likeness (QED) is 0.602. The Morgan fingerprint density at radius 3 is 2.50 bits per heavy atom. The number of carbonyl (C=O) groups excluding carboxylic acids is 1. The number of hydrogen-bond donors (Lipinski definition) is 2. The van der Waals surface area contributed by atoms with Crippen LogP contribution in [0, 0.1) is 6.92 Å². The van der Waals surface area contributed by atoms with E-state index in [-0.39, 0.29) is 16.7 Å². The van der Waals surface area contributed by atoms with Crippen molar-refractivity contribution in [2.24, 2.45) is 0 Å². The first kappa shape index (κ1) is 21.3. The average molecular weight is 426 g/mol. The van der Waals surface area contributed by atoms with Crippen LogP contribution in [0.15, 0.2) is 71.9 Å². The van der Waals surface area contributed by atoms with Crippen molar-refractivity contribution in [2.45, 2.75) is 24.1 Å². The van der Waals surface area contributed by atoms with Gasteiger partial charge in [-0.1, -0.05) is 12.1 Å². The molecule has 0 saturated heterocycles. The van der Waals surface area contributed by atoms with Gasteiger partial charge in [0.2, 0.25) is 0 Å². The van der Waals surface area contributed by atoms with Crippen LogP contribution in [0.4, 0.5) is 10.5 Å². The van der Waals surface area contributed by atoms with Crippen LogP contribution in [0.1, 0.15) is 16.7 Å². The smallest absolute Gasteiger partial charge is 0.319 e. The van der Waals surface area contributed by atoms with Crippen LogP contribution in [-0.2, 0) is 22.1 Å². The minimum atomic E-state index is -3.52. The molecule has 156 valence electrons. The number of urea groups is 1. The SMILES string of the molecule is COc1ccc(CS(=O)(=O)c2ccc(NC(=O)NCc3cccnc3)cc2)c(C)c1. The number of ether oxygens (including phenoxy) is 1. The number of amides is 2. The van der Waals surface area contributed by atoms with Gasteiger partial charge < -0.3 is 15.4 Å². The highest BCUT2D eigenvalue weighted by molar-refractivity contribution is 7.90. The molecule has 2 aromatic carbocycles. The highest BCUT2D eigenvalue weighted by Crippen LogP contribution is 2.23. The topological polar surface area (TPSA) is 97.4 Å². The number of pyridine rings is 1. The van der Waals surface area contributed by atoms with Gasteiger partial charge in [0.25, 0.3) is 0 Å². The first-order valence-corrected chi connectivity index (χ1v) is 10.9. The first-order valence-electron chi connectivity index (χ1n) is 9.27. The van der Waals surface area contributed by atoms with Crippen LogP contribution in [0.2, 0.25) is 0 Å². The summed E-state index contributed by atoms with van der Waals surface area (Å²) in [5.41, 5.74) is 2.94. The van der Waals surface area contributed by atoms with E-state index in [1.54, 1.807) is 49.8 Å². The molecule has 30 heavy (non-hydrogen) atoms. The molecule has 0 radical (unpaired) electrons. The van der Waals surface area contributed by atoms with Crippen molar-refractivity contribution in [1.29, 1.82) is 0 Å². The van der Waals surface area contributed by atoms with Gasteiger partial charge in [0.1, 0.15) is 5.75 Å². The maximum Gasteiger partial charge on any atom is 0.319 e. The predicted octanol–water partition coefficient (Wildman–Crippen LogP) is 3.69. The summed E-state index contributed by atoms with van der Waals surface area (Å²) in [4.78, 5) is 16.2. The number of nitrogens with one attached hydrogen (secondary N) is 2. The molecule has 0 aliphatic heterocycles. The molecule has 0 unspecified atom stereocenters. The highest BCUT2D eigenvalue weighted by atomic mass is 32.2. The van der Waals surface area contributed by atoms with Crippen molar-refractivity contribution in [1.82, 2.24) is 10.3 Å². The minimum Gasteiger partial charge on any atom is -0.497 e. The summed E-state index contributed by atoms with van der Waals surface area (Å²) in [6.07, 6.45) is 3.33. The molecule has 3 rings (SSSR count). The van der Waals surface area contributed by atoms with Crippen LogP contribution in [0.5, 0.6) is 5.75 Å². The van der Waals surface area contributed by atoms with E-state index >= 15 is 0 Å². The van der Waals surface area contributed by atoms with Crippen molar-refractivity contribution in [3.05, 3.63) is 83.7 Å². The molecule has 0 saturated carbocycles. The summed E-state index contributed by atoms with van der Waals surface area (Å²) in [5, 5.41) is 5.41. The monoisotopic (exact) mass is 425 g/mol. The zero-order chi connectivity index (χ0) is 21.6. The molecule has 2 N–H and O–H groups in total. The Bertz CT molecular complexity index is 1110. The molecule has 3 aromatic rings. The first-order chi connectivity index (χ1) is 14.4. The Balaban J connectivity index is 1.62. The second-order valence-corrected chi connectivity index (χ2v) is 8.73. The van der Waals surface area contributed by atoms with E-state index in [0.717, 1.165) is 11.1 Å². The van der Waals surface area contributed by atoms with Gasteiger partial charge >= 0.3 is 6.03 Å². The lowest BCUT2D eigenvalue weighted by Crippen LogP contribution is -2.28. The number of methoxy groups -OCH3 is 1. The second kappa shape index (κ2) is 9.41. The van der Waals surface area contributed by atoms with Crippen LogP contribution in [0.25, 0.3) is 0 Å². The number of hydrogen-bond acceptors (Lipinski definition) is 5. The molecule has 7 nitrogen and oxygen atoms in total. The number of nitrogens with zero attached hydrogens (tertiary/aromatic N) is 1. The largest absolute Gasteiger partial charge is 0.497 e. The Hall–Kier alpha value is -3.39. The number of benzene rings is 2. The van der Waals surface area contributed by atoms with Crippen LogP contribution in [0.3, 0.4) is 0 Å². The lowest BCUT2D eigenvalue weighted by Gasteiger charge is -2.11. The molecule has 0 atom stereocenters. The molecule has 0 spiro atoms. The molecule has 2 amide bonds. The fraction of sp³-hybridized carbons (Fsp3) is 0.182. The third kappa shape index (κ3) is 5.57. The number of aryl methyl sites for hydroxylation is 1. The summed E-state index contributed by atoms with van der Waals surface area (Å²) in [5.74, 6) is 0.576. The third-order valence-electron chi connectivity index (χ3n) is 4.54. The fourth-order valence-electron chi connectivity index (χ4n) is 2.85. The molecule has 1 aromatic heterocycles. The molecule has 0 aliphatic carbocycles. The molecule has 8 heteroatoms. The lowest BCUT2D eigenvalue weighted by atomic mass is 10.1. The Morgan fingerprint density at radius 1 is 1.10 bits per heavy atom. The van der Waals surface area contributed by atoms with Gasteiger partial charge in [-0.2, -0.15) is 0 Å². The number of sulfone groups is 1. The lowest BCUT2D eigenvalue weighted by molar-refractivity contribution is 0.251. The average Bonchev–Trinajstić information content (AvgIpc) is 2.75. The van der Waals surface area contributed by atoms with Gasteiger partial charge in [-0.25, -0.2) is 13.2 Å². The van der Waals surface area contributed by atoms with Crippen molar-refractivity contribution < 1.29 is 17.9 Å². The maximum absolute atomic E-state index is 12.8. The van der Waals surface area contributed by atoms with Crippen molar-refractivity contribution in [3.63, 3.8) is 0 Å². The Labute approximate surface area is 176 Å². The summed E-state index contributed by atoms with van der Waals surface area (Å²) in [6, 6.07) is 14.7. The van der Waals surface area contributed by atoms with Crippen molar-refractivity contribution in [3.8, 4) is 5.75 Å². The van der Waals surface area contributed by atoms with E-state index in [4.69, 9.17) is 4.74 Å². The van der Waals surface area contributed by atoms with Gasteiger partial charge in [-0.05, 0) is 66.1 Å². The molecule has 1 heterocycles. The van der Waals surface area contributed by atoms with Gasteiger partial charge in [0.15, 0.2) is 9.84 Å². The van der Waals surface area contributed by atoms with Crippen LogP contribution in [-0.4, -0.2) is 26.5 Å². The summed E-state index contributed by atoms with van der Waals surface area (Å²) in [7, 11) is -1.95. The molecule has 0 fully saturated rings. The third-order valence-corrected chi connectivity index (χ3v) is 6.22. The summed E-state index contributed by atoms with van der Waals surface area (Å²) >= 11 is 0. The van der Waals surface area contributed by atoms with Gasteiger partial charge in [0.05, 0.1) is 17.8 Å². The Kier molecular flexibility index (Phi) is 6.68. The van der Waals surface area contributed by atoms with Crippen molar-refractivity contribution in [2.75, 3.05) is 12.4 Å². The molecule has 0 bridgehead atoms. The maximum atomic E-state index is 12.8. The highest BCUT2D eigenvalue weighted by Gasteiger charge is 2.17. The van der Waals surface area contributed by atoms with Crippen molar-refractivity contribution >= 4 is 21.6 Å². The standard InChI is InChI=1S/C22H23N3O4S/c1-16-12-20(29-2)8-5-18(16)15-30(27,28)21-9-6-19(7-10-21)25-22(26)24-14-17-4-3-11-23-13-17/h3-13H,14-15H2,1-2H3,(H2,24,25,26). The van der Waals surface area contributed by atoms with E-state index in [1.807, 2.05) is 19.1 Å². The number of carbonyl (C=O) groups is 1. The predicted molar refractivity (Wildman–Crippen MR) is 115 cm³/mol. The number of aromatic nitrogens is 1. The zero-order valence-electron chi connectivity index (χ0n) is 16.8.